The molecule has 0 aromatic heterocycles. The van der Waals surface area contributed by atoms with Gasteiger partial charge in [-0.1, -0.05) is 0 Å². The van der Waals surface area contributed by atoms with E-state index in [1.54, 1.807) is 21.3 Å². The highest BCUT2D eigenvalue weighted by molar-refractivity contribution is 6.85. The van der Waals surface area contributed by atoms with Gasteiger partial charge in [-0.3, -0.25) is 0 Å². The van der Waals surface area contributed by atoms with E-state index in [1.807, 2.05) is 0 Å². The van der Waals surface area contributed by atoms with E-state index < -0.39 is 53.3 Å². The highest BCUT2D eigenvalue weighted by Crippen LogP contribution is 2.28. The zero-order valence-corrected chi connectivity index (χ0v) is 25.0. The molecule has 0 N–H and O–H groups in total. The van der Waals surface area contributed by atoms with Crippen molar-refractivity contribution in [1.29, 1.82) is 0 Å². The molecular formula is C13H40O7Si6. The van der Waals surface area contributed by atoms with E-state index >= 15 is 0 Å². The van der Waals surface area contributed by atoms with Crippen LogP contribution >= 0.6 is 0 Å². The van der Waals surface area contributed by atoms with Gasteiger partial charge < -0.3 is 29.7 Å². The van der Waals surface area contributed by atoms with Crippen LogP contribution in [0.2, 0.25) is 64.5 Å². The predicted octanol–water partition coefficient (Wildman–Crippen LogP) is 2.52. The lowest BCUT2D eigenvalue weighted by molar-refractivity contribution is 0.123. The van der Waals surface area contributed by atoms with Crippen LogP contribution in [0.5, 0.6) is 0 Å². The van der Waals surface area contributed by atoms with Gasteiger partial charge in [0.1, 0.15) is 0 Å². The average molecular weight is 477 g/mol. The molecule has 13 heteroatoms. The molecule has 0 amide bonds. The minimum absolute atomic E-state index is 0.706. The van der Waals surface area contributed by atoms with Gasteiger partial charge in [0.15, 0.2) is 35.4 Å². The third kappa shape index (κ3) is 9.99. The summed E-state index contributed by atoms with van der Waals surface area (Å²) in [4.78, 5) is 0. The molecule has 0 saturated carbocycles. The Bertz CT molecular complexity index is 358. The lowest BCUT2D eigenvalue weighted by atomic mass is 10.9. The molecule has 26 heavy (non-hydrogen) atoms. The van der Waals surface area contributed by atoms with Crippen molar-refractivity contribution in [3.05, 3.63) is 0 Å². The van der Waals surface area contributed by atoms with E-state index in [2.05, 4.69) is 52.4 Å². The molecule has 0 aliphatic heterocycles. The van der Waals surface area contributed by atoms with Gasteiger partial charge in [0.25, 0.3) is 0 Å². The smallest absolute Gasteiger partial charge is 0.399 e. The molecule has 0 bridgehead atoms. The Hall–Kier alpha value is 1.02. The maximum Gasteiger partial charge on any atom is 0.636 e. The molecule has 0 aromatic carbocycles. The summed E-state index contributed by atoms with van der Waals surface area (Å²) in [6.45, 7) is 17.2. The maximum absolute atomic E-state index is 6.66. The van der Waals surface area contributed by atoms with E-state index in [9.17, 15) is 0 Å². The monoisotopic (exact) mass is 476 g/mol. The van der Waals surface area contributed by atoms with Crippen LogP contribution in [0.25, 0.3) is 0 Å². The second-order valence-corrected chi connectivity index (χ2v) is 25.7. The van der Waals surface area contributed by atoms with E-state index in [1.165, 1.54) is 0 Å². The molecule has 0 rings (SSSR count). The summed E-state index contributed by atoms with van der Waals surface area (Å²) in [7, 11) is -7.12. The summed E-state index contributed by atoms with van der Waals surface area (Å²) in [5, 5.41) is 0. The first-order valence-corrected chi connectivity index (χ1v) is 24.3. The number of hydrogen-bond donors (Lipinski definition) is 0. The minimum Gasteiger partial charge on any atom is -0.399 e. The Morgan fingerprint density at radius 1 is 0.615 bits per heavy atom. The van der Waals surface area contributed by atoms with Gasteiger partial charge in [-0.15, -0.1) is 0 Å². The summed E-state index contributed by atoms with van der Waals surface area (Å²) in [6, 6.07) is 1.54. The molecule has 0 unspecified atom stereocenters. The lowest BCUT2D eigenvalue weighted by Crippen LogP contribution is -2.60. The van der Waals surface area contributed by atoms with E-state index in [-0.39, 0.29) is 0 Å². The van der Waals surface area contributed by atoms with Crippen LogP contribution in [0.3, 0.4) is 0 Å². The summed E-state index contributed by atoms with van der Waals surface area (Å²) in [5.74, 6) is 0. The van der Waals surface area contributed by atoms with Crippen LogP contribution in [0.1, 0.15) is 0 Å². The van der Waals surface area contributed by atoms with Gasteiger partial charge in [0, 0.05) is 27.4 Å². The average Bonchev–Trinajstić information content (AvgIpc) is 2.46. The number of hydrogen-bond acceptors (Lipinski definition) is 7. The van der Waals surface area contributed by atoms with Gasteiger partial charge in [0.2, 0.25) is 0 Å². The Kier molecular flexibility index (Phi) is 12.4. The SMILES string of the molecule is CO[Si](CC[Si](C)(C)O[Si](O[SiH](C)C)(O[SiH](C)C)O[SiH](C)C)(OC)OC. The van der Waals surface area contributed by atoms with Crippen LogP contribution < -0.4 is 0 Å². The molecule has 0 fully saturated rings. The topological polar surface area (TPSA) is 64.6 Å². The molecule has 7 nitrogen and oxygen atoms in total. The molecular weight excluding hydrogens is 437 g/mol. The molecule has 0 aliphatic rings. The standard InChI is InChI=1S/C13H40O7Si6/c1-14-25(15-2,16-3)13-12-24(10,11)20-26(17-21(4)5,18-22(6)7)19-23(8)9/h21-23H,12-13H2,1-11H3. The number of rotatable bonds is 14. The zero-order chi connectivity index (χ0) is 20.6. The van der Waals surface area contributed by atoms with Crippen LogP contribution in [0.15, 0.2) is 0 Å². The Labute approximate surface area is 168 Å². The van der Waals surface area contributed by atoms with Crippen LogP contribution in [-0.4, -0.2) is 74.6 Å². The van der Waals surface area contributed by atoms with Crippen molar-refractivity contribution in [3.8, 4) is 0 Å². The fourth-order valence-corrected chi connectivity index (χ4v) is 21.3. The quantitative estimate of drug-likeness (QED) is 0.357. The first-order chi connectivity index (χ1) is 11.8. The van der Waals surface area contributed by atoms with Crippen molar-refractivity contribution in [3.63, 3.8) is 0 Å². The van der Waals surface area contributed by atoms with E-state index in [0.717, 1.165) is 6.04 Å². The zero-order valence-electron chi connectivity index (χ0n) is 18.5. The Morgan fingerprint density at radius 2 is 0.962 bits per heavy atom. The largest absolute Gasteiger partial charge is 0.636 e. The second kappa shape index (κ2) is 11.9. The summed E-state index contributed by atoms with van der Waals surface area (Å²) >= 11 is 0. The second-order valence-electron chi connectivity index (χ2n) is 7.66. The van der Waals surface area contributed by atoms with Crippen molar-refractivity contribution < 1.29 is 29.7 Å². The normalized spacial score (nSPS) is 14.1. The van der Waals surface area contributed by atoms with Gasteiger partial charge in [-0.25, -0.2) is 0 Å². The fourth-order valence-electron chi connectivity index (χ4n) is 2.42. The van der Waals surface area contributed by atoms with Gasteiger partial charge in [0.05, 0.1) is 0 Å². The van der Waals surface area contributed by atoms with Gasteiger partial charge in [-0.05, 0) is 58.4 Å². The van der Waals surface area contributed by atoms with Crippen LogP contribution in [0, 0.1) is 0 Å². The first-order valence-electron chi connectivity index (χ1n) is 9.24. The summed E-state index contributed by atoms with van der Waals surface area (Å²) in [6.07, 6.45) is 0. The predicted molar refractivity (Wildman–Crippen MR) is 121 cm³/mol. The summed E-state index contributed by atoms with van der Waals surface area (Å²) in [5.41, 5.74) is 0. The molecule has 0 aromatic rings. The third-order valence-corrected chi connectivity index (χ3v) is 20.5. The molecule has 0 radical (unpaired) electrons. The molecule has 0 atom stereocenters. The highest BCUT2D eigenvalue weighted by Gasteiger charge is 2.52. The Morgan fingerprint density at radius 3 is 1.23 bits per heavy atom. The summed E-state index contributed by atoms with van der Waals surface area (Å²) < 4.78 is 42.3. The van der Waals surface area contributed by atoms with Crippen molar-refractivity contribution in [2.24, 2.45) is 0 Å². The van der Waals surface area contributed by atoms with E-state index in [0.29, 0.717) is 6.04 Å². The lowest BCUT2D eigenvalue weighted by Gasteiger charge is -2.39. The highest BCUT2D eigenvalue weighted by atomic mass is 28.5. The fraction of sp³-hybridized carbons (Fsp3) is 1.00. The Balaban J connectivity index is 5.42. The molecule has 0 heterocycles. The van der Waals surface area contributed by atoms with Crippen molar-refractivity contribution in [2.75, 3.05) is 21.3 Å². The molecule has 0 saturated heterocycles. The minimum atomic E-state index is -3.11. The maximum atomic E-state index is 6.66. The molecule has 158 valence electrons. The first kappa shape index (κ1) is 27.0. The molecule has 0 spiro atoms. The van der Waals surface area contributed by atoms with Crippen LogP contribution in [-0.2, 0) is 29.7 Å². The van der Waals surface area contributed by atoms with Crippen molar-refractivity contribution in [1.82, 2.24) is 0 Å². The van der Waals surface area contributed by atoms with E-state index in [4.69, 9.17) is 29.7 Å². The molecule has 0 aliphatic carbocycles. The van der Waals surface area contributed by atoms with Crippen molar-refractivity contribution >= 4 is 53.3 Å². The van der Waals surface area contributed by atoms with Crippen LogP contribution in [0.4, 0.5) is 0 Å². The third-order valence-electron chi connectivity index (χ3n) is 3.51. The van der Waals surface area contributed by atoms with Gasteiger partial charge in [-0.2, -0.15) is 0 Å². The van der Waals surface area contributed by atoms with Gasteiger partial charge >= 0.3 is 17.9 Å². The van der Waals surface area contributed by atoms with Crippen molar-refractivity contribution in [2.45, 2.75) is 64.5 Å².